The van der Waals surface area contributed by atoms with Crippen LogP contribution in [0.4, 0.5) is 5.13 Å². The van der Waals surface area contributed by atoms with E-state index in [0.717, 1.165) is 10.3 Å². The van der Waals surface area contributed by atoms with Crippen LogP contribution in [0.5, 0.6) is 0 Å². The number of fused-ring (bicyclic) bond motifs is 1. The number of nitrogens with one attached hydrogen (secondary N) is 1. The molecule has 0 spiro atoms. The van der Waals surface area contributed by atoms with Gasteiger partial charge in [0, 0.05) is 7.05 Å². The Kier molecular flexibility index (Phi) is 3.61. The molecule has 1 amide bonds. The van der Waals surface area contributed by atoms with Crippen LogP contribution in [0.1, 0.15) is 16.1 Å². The third kappa shape index (κ3) is 2.50. The van der Waals surface area contributed by atoms with Crippen molar-refractivity contribution in [2.45, 2.75) is 6.92 Å². The first kappa shape index (κ1) is 14.3. The third-order valence-electron chi connectivity index (χ3n) is 3.00. The van der Waals surface area contributed by atoms with Crippen molar-refractivity contribution in [3.8, 4) is 0 Å². The fourth-order valence-electron chi connectivity index (χ4n) is 2.03. The average Bonchev–Trinajstić information content (AvgIpc) is 2.99. The normalized spacial score (nSPS) is 11.0. The Morgan fingerprint density at radius 2 is 2.05 bits per heavy atom. The molecule has 108 valence electrons. The lowest BCUT2D eigenvalue weighted by Crippen LogP contribution is -2.17. The number of aromatic nitrogens is 3. The lowest BCUT2D eigenvalue weighted by atomic mass is 10.2. The molecule has 0 fully saturated rings. The molecule has 0 saturated carbocycles. The highest BCUT2D eigenvalue weighted by Gasteiger charge is 2.17. The zero-order chi connectivity index (χ0) is 15.1. The fraction of sp³-hybridized carbons (Fsp3) is 0.154. The van der Waals surface area contributed by atoms with Gasteiger partial charge in [-0.3, -0.25) is 14.8 Å². The van der Waals surface area contributed by atoms with E-state index in [1.54, 1.807) is 25.4 Å². The molecule has 0 atom stereocenters. The summed E-state index contributed by atoms with van der Waals surface area (Å²) < 4.78 is 2.28. The second kappa shape index (κ2) is 5.29. The number of hydrogen-bond acceptors (Lipinski definition) is 4. The standard InChI is InChI=1S/C13H10Cl2N4OS/c1-6-5-16-19(2)10(6)12(20)18-13-17-9-7(14)3-4-8(15)11(9)21-13/h3-5H,1-2H3,(H,17,18,20). The highest BCUT2D eigenvalue weighted by Crippen LogP contribution is 2.36. The number of halogens is 2. The molecular weight excluding hydrogens is 331 g/mol. The molecule has 5 nitrogen and oxygen atoms in total. The van der Waals surface area contributed by atoms with E-state index in [2.05, 4.69) is 15.4 Å². The summed E-state index contributed by atoms with van der Waals surface area (Å²) in [6, 6.07) is 3.39. The van der Waals surface area contributed by atoms with Crippen molar-refractivity contribution in [2.75, 3.05) is 5.32 Å². The summed E-state index contributed by atoms with van der Waals surface area (Å²) in [5, 5.41) is 8.32. The number of benzene rings is 1. The first-order valence-corrected chi connectivity index (χ1v) is 7.59. The molecule has 0 saturated heterocycles. The Balaban J connectivity index is 1.97. The molecule has 0 unspecified atom stereocenters. The van der Waals surface area contributed by atoms with Gasteiger partial charge in [-0.25, -0.2) is 4.98 Å². The van der Waals surface area contributed by atoms with Gasteiger partial charge in [0.25, 0.3) is 5.91 Å². The van der Waals surface area contributed by atoms with Gasteiger partial charge in [0.2, 0.25) is 0 Å². The van der Waals surface area contributed by atoms with Crippen molar-refractivity contribution < 1.29 is 4.79 Å². The number of nitrogens with zero attached hydrogens (tertiary/aromatic N) is 3. The van der Waals surface area contributed by atoms with Crippen LogP contribution < -0.4 is 5.32 Å². The Hall–Kier alpha value is -1.63. The van der Waals surface area contributed by atoms with Gasteiger partial charge >= 0.3 is 0 Å². The third-order valence-corrected chi connectivity index (χ3v) is 4.74. The zero-order valence-electron chi connectivity index (χ0n) is 11.1. The number of amides is 1. The van der Waals surface area contributed by atoms with E-state index in [1.165, 1.54) is 16.0 Å². The quantitative estimate of drug-likeness (QED) is 0.769. The van der Waals surface area contributed by atoms with Crippen molar-refractivity contribution in [1.29, 1.82) is 0 Å². The lowest BCUT2D eigenvalue weighted by Gasteiger charge is -2.02. The Labute approximate surface area is 134 Å². The molecule has 3 rings (SSSR count). The molecule has 0 aliphatic heterocycles. The summed E-state index contributed by atoms with van der Waals surface area (Å²) in [6.07, 6.45) is 1.64. The fourth-order valence-corrected chi connectivity index (χ4v) is 3.44. The first-order valence-electron chi connectivity index (χ1n) is 6.02. The highest BCUT2D eigenvalue weighted by atomic mass is 35.5. The van der Waals surface area contributed by atoms with Gasteiger partial charge in [0.1, 0.15) is 11.2 Å². The summed E-state index contributed by atoms with van der Waals surface area (Å²) in [5.74, 6) is -0.265. The van der Waals surface area contributed by atoms with Gasteiger partial charge in [-0.2, -0.15) is 5.10 Å². The van der Waals surface area contributed by atoms with Gasteiger partial charge in [0.15, 0.2) is 5.13 Å². The van der Waals surface area contributed by atoms with E-state index in [0.29, 0.717) is 26.4 Å². The SMILES string of the molecule is Cc1cnn(C)c1C(=O)Nc1nc2c(Cl)ccc(Cl)c2s1. The molecule has 1 aromatic carbocycles. The van der Waals surface area contributed by atoms with Crippen molar-refractivity contribution in [3.63, 3.8) is 0 Å². The van der Waals surface area contributed by atoms with E-state index < -0.39 is 0 Å². The first-order chi connectivity index (χ1) is 9.97. The molecule has 1 N–H and O–H groups in total. The van der Waals surface area contributed by atoms with E-state index in [9.17, 15) is 4.79 Å². The van der Waals surface area contributed by atoms with Gasteiger partial charge in [-0.15, -0.1) is 0 Å². The highest BCUT2D eigenvalue weighted by molar-refractivity contribution is 7.23. The largest absolute Gasteiger partial charge is 0.296 e. The minimum absolute atomic E-state index is 0.265. The summed E-state index contributed by atoms with van der Waals surface area (Å²) >= 11 is 13.5. The van der Waals surface area contributed by atoms with Crippen molar-refractivity contribution in [3.05, 3.63) is 39.6 Å². The van der Waals surface area contributed by atoms with Gasteiger partial charge in [-0.05, 0) is 24.6 Å². The van der Waals surface area contributed by atoms with Crippen LogP contribution >= 0.6 is 34.5 Å². The zero-order valence-corrected chi connectivity index (χ0v) is 13.5. The molecule has 3 aromatic rings. The molecule has 21 heavy (non-hydrogen) atoms. The summed E-state index contributed by atoms with van der Waals surface area (Å²) in [7, 11) is 1.72. The number of thiazole rings is 1. The Morgan fingerprint density at radius 3 is 2.67 bits per heavy atom. The number of hydrogen-bond donors (Lipinski definition) is 1. The predicted octanol–water partition coefficient (Wildman–Crippen LogP) is 3.90. The van der Waals surface area contributed by atoms with Crippen molar-refractivity contribution >= 4 is 55.8 Å². The van der Waals surface area contributed by atoms with Crippen LogP contribution in [-0.2, 0) is 7.05 Å². The van der Waals surface area contributed by atoms with Gasteiger partial charge in [0.05, 0.1) is 20.9 Å². The Morgan fingerprint density at radius 1 is 1.33 bits per heavy atom. The average molecular weight is 341 g/mol. The van der Waals surface area contributed by atoms with Crippen LogP contribution in [0, 0.1) is 6.92 Å². The summed E-state index contributed by atoms with van der Waals surface area (Å²) in [6.45, 7) is 1.83. The van der Waals surface area contributed by atoms with Crippen molar-refractivity contribution in [1.82, 2.24) is 14.8 Å². The molecule has 0 bridgehead atoms. The van der Waals surface area contributed by atoms with Crippen LogP contribution in [0.2, 0.25) is 10.0 Å². The lowest BCUT2D eigenvalue weighted by molar-refractivity contribution is 0.101. The minimum Gasteiger partial charge on any atom is -0.296 e. The van der Waals surface area contributed by atoms with Crippen LogP contribution in [0.3, 0.4) is 0 Å². The number of aryl methyl sites for hydroxylation is 2. The topological polar surface area (TPSA) is 59.8 Å². The van der Waals surface area contributed by atoms with E-state index in [4.69, 9.17) is 23.2 Å². The number of rotatable bonds is 2. The van der Waals surface area contributed by atoms with Crippen LogP contribution in [0.25, 0.3) is 10.2 Å². The van der Waals surface area contributed by atoms with Gasteiger partial charge in [-0.1, -0.05) is 34.5 Å². The smallest absolute Gasteiger partial charge is 0.275 e. The molecule has 0 aliphatic rings. The van der Waals surface area contributed by atoms with Crippen molar-refractivity contribution in [2.24, 2.45) is 7.05 Å². The van der Waals surface area contributed by atoms with Gasteiger partial charge < -0.3 is 0 Å². The molecular formula is C13H10Cl2N4OS. The predicted molar refractivity (Wildman–Crippen MR) is 85.5 cm³/mol. The second-order valence-corrected chi connectivity index (χ2v) is 6.29. The maximum Gasteiger partial charge on any atom is 0.275 e. The number of carbonyl (C=O) groups is 1. The van der Waals surface area contributed by atoms with Crippen LogP contribution in [0.15, 0.2) is 18.3 Å². The summed E-state index contributed by atoms with van der Waals surface area (Å²) in [5.41, 5.74) is 1.88. The Bertz CT molecular complexity index is 797. The molecule has 2 aromatic heterocycles. The molecule has 0 aliphatic carbocycles. The maximum absolute atomic E-state index is 12.3. The number of anilines is 1. The summed E-state index contributed by atoms with van der Waals surface area (Å²) in [4.78, 5) is 16.6. The minimum atomic E-state index is -0.265. The van der Waals surface area contributed by atoms with Crippen LogP contribution in [-0.4, -0.2) is 20.7 Å². The molecule has 8 heteroatoms. The maximum atomic E-state index is 12.3. The molecule has 0 radical (unpaired) electrons. The van der Waals surface area contributed by atoms with E-state index >= 15 is 0 Å². The monoisotopic (exact) mass is 340 g/mol. The second-order valence-electron chi connectivity index (χ2n) is 4.48. The molecule has 2 heterocycles. The number of carbonyl (C=O) groups excluding carboxylic acids is 1. The van der Waals surface area contributed by atoms with E-state index in [-0.39, 0.29) is 5.91 Å². The van der Waals surface area contributed by atoms with E-state index in [1.807, 2.05) is 6.92 Å².